The third-order valence-corrected chi connectivity index (χ3v) is 3.15. The Morgan fingerprint density at radius 1 is 1.25 bits per heavy atom. The van der Waals surface area contributed by atoms with Gasteiger partial charge in [0.2, 0.25) is 5.78 Å². The lowest BCUT2D eigenvalue weighted by molar-refractivity contribution is 0.104. The summed E-state index contributed by atoms with van der Waals surface area (Å²) in [6, 6.07) is 10.0. The summed E-state index contributed by atoms with van der Waals surface area (Å²) < 4.78 is 1.84. The fourth-order valence-corrected chi connectivity index (χ4v) is 2.14. The first kappa shape index (κ1) is 12.4. The number of nitrogens with zero attached hydrogens (tertiary/aromatic N) is 3. The van der Waals surface area contributed by atoms with Gasteiger partial charge in [-0.05, 0) is 16.8 Å². The molecule has 2 heterocycles. The van der Waals surface area contributed by atoms with E-state index in [0.29, 0.717) is 5.69 Å². The third kappa shape index (κ3) is 2.16. The molecule has 0 amide bonds. The van der Waals surface area contributed by atoms with Gasteiger partial charge in [-0.15, -0.1) is 0 Å². The van der Waals surface area contributed by atoms with Crippen molar-refractivity contribution < 1.29 is 4.79 Å². The highest BCUT2D eigenvalue weighted by atomic mass is 16.1. The number of carbonyl (C=O) groups is 1. The molecule has 0 aliphatic carbocycles. The molecule has 3 aromatic rings. The molecule has 0 aliphatic rings. The average Bonchev–Trinajstić information content (AvgIpc) is 2.85. The molecule has 20 heavy (non-hydrogen) atoms. The van der Waals surface area contributed by atoms with E-state index in [9.17, 15) is 4.79 Å². The molecule has 1 aromatic carbocycles. The van der Waals surface area contributed by atoms with Gasteiger partial charge in [-0.3, -0.25) is 9.20 Å². The van der Waals surface area contributed by atoms with Crippen LogP contribution in [0, 0.1) is 0 Å². The molecule has 0 atom stereocenters. The summed E-state index contributed by atoms with van der Waals surface area (Å²) in [4.78, 5) is 18.3. The average molecular weight is 265 g/mol. The number of hydrogen-bond donors (Lipinski definition) is 0. The van der Waals surface area contributed by atoms with Crippen molar-refractivity contribution in [3.8, 4) is 0 Å². The Hall–Kier alpha value is -2.62. The van der Waals surface area contributed by atoms with Crippen LogP contribution in [0.4, 0.5) is 0 Å². The molecule has 2 aromatic heterocycles. The number of allylic oxidation sites excluding steroid dienone is 1. The van der Waals surface area contributed by atoms with Gasteiger partial charge in [0, 0.05) is 32.6 Å². The van der Waals surface area contributed by atoms with E-state index >= 15 is 0 Å². The zero-order valence-electron chi connectivity index (χ0n) is 11.4. The molecule has 100 valence electrons. The van der Waals surface area contributed by atoms with Crippen molar-refractivity contribution in [2.45, 2.75) is 0 Å². The van der Waals surface area contributed by atoms with Crippen LogP contribution in [0.1, 0.15) is 10.5 Å². The van der Waals surface area contributed by atoms with Crippen molar-refractivity contribution >= 4 is 22.2 Å². The van der Waals surface area contributed by atoms with E-state index in [2.05, 4.69) is 4.98 Å². The summed E-state index contributed by atoms with van der Waals surface area (Å²) in [6.07, 6.45) is 6.87. The minimum Gasteiger partial charge on any atom is -0.383 e. The maximum absolute atomic E-state index is 12.2. The highest BCUT2D eigenvalue weighted by molar-refractivity contribution is 6.04. The predicted molar refractivity (Wildman–Crippen MR) is 79.9 cm³/mol. The Bertz CT molecular complexity index is 815. The predicted octanol–water partition coefficient (Wildman–Crippen LogP) is 2.75. The Labute approximate surface area is 117 Å². The first-order valence-corrected chi connectivity index (χ1v) is 6.40. The number of benzene rings is 1. The number of pyridine rings is 1. The molecule has 4 heteroatoms. The molecule has 4 nitrogen and oxygen atoms in total. The SMILES string of the molecule is CN(C)C=CC(=O)c1cnc2cc3ccccc3cn12. The lowest BCUT2D eigenvalue weighted by Gasteiger charge is -2.04. The van der Waals surface area contributed by atoms with Crippen molar-refractivity contribution in [1.29, 1.82) is 0 Å². The van der Waals surface area contributed by atoms with Gasteiger partial charge in [0.15, 0.2) is 0 Å². The van der Waals surface area contributed by atoms with Crippen molar-refractivity contribution in [3.05, 3.63) is 60.7 Å². The Kier molecular flexibility index (Phi) is 2.99. The summed E-state index contributed by atoms with van der Waals surface area (Å²) in [5, 5.41) is 2.21. The standard InChI is InChI=1S/C16H15N3O/c1-18(2)8-7-15(20)14-10-17-16-9-12-5-3-4-6-13(12)11-19(14)16/h3-11H,1-2H3. The van der Waals surface area contributed by atoms with Gasteiger partial charge in [-0.2, -0.15) is 0 Å². The van der Waals surface area contributed by atoms with Gasteiger partial charge in [-0.25, -0.2) is 4.98 Å². The van der Waals surface area contributed by atoms with Crippen molar-refractivity contribution in [2.24, 2.45) is 0 Å². The minimum atomic E-state index is -0.0542. The molecule has 0 spiro atoms. The summed E-state index contributed by atoms with van der Waals surface area (Å²) >= 11 is 0. The Morgan fingerprint density at radius 3 is 2.75 bits per heavy atom. The molecule has 0 N–H and O–H groups in total. The second-order valence-electron chi connectivity index (χ2n) is 4.92. The van der Waals surface area contributed by atoms with Crippen molar-refractivity contribution in [3.63, 3.8) is 0 Å². The Morgan fingerprint density at radius 2 is 2.00 bits per heavy atom. The number of imidazole rings is 1. The molecule has 0 fully saturated rings. The summed E-state index contributed by atoms with van der Waals surface area (Å²) in [5.74, 6) is -0.0542. The topological polar surface area (TPSA) is 37.6 Å². The van der Waals surface area contributed by atoms with Crippen LogP contribution in [0.2, 0.25) is 0 Å². The van der Waals surface area contributed by atoms with E-state index in [1.54, 1.807) is 18.5 Å². The zero-order valence-corrected chi connectivity index (χ0v) is 11.4. The van der Waals surface area contributed by atoms with Gasteiger partial charge in [0.25, 0.3) is 0 Å². The summed E-state index contributed by atoms with van der Waals surface area (Å²) in [5.41, 5.74) is 1.36. The van der Waals surface area contributed by atoms with Crippen LogP contribution in [-0.4, -0.2) is 34.2 Å². The number of fused-ring (bicyclic) bond motifs is 2. The van der Waals surface area contributed by atoms with Gasteiger partial charge >= 0.3 is 0 Å². The highest BCUT2D eigenvalue weighted by Gasteiger charge is 2.10. The van der Waals surface area contributed by atoms with Crippen LogP contribution < -0.4 is 0 Å². The van der Waals surface area contributed by atoms with E-state index in [-0.39, 0.29) is 5.78 Å². The zero-order chi connectivity index (χ0) is 14.1. The smallest absolute Gasteiger partial charge is 0.205 e. The minimum absolute atomic E-state index is 0.0542. The normalized spacial score (nSPS) is 11.5. The van der Waals surface area contributed by atoms with E-state index in [4.69, 9.17) is 0 Å². The second-order valence-corrected chi connectivity index (χ2v) is 4.92. The van der Waals surface area contributed by atoms with Crippen LogP contribution in [0.15, 0.2) is 55.0 Å². The molecule has 0 bridgehead atoms. The Balaban J connectivity index is 2.13. The van der Waals surface area contributed by atoms with Crippen LogP contribution in [0.5, 0.6) is 0 Å². The molecule has 3 rings (SSSR count). The van der Waals surface area contributed by atoms with Gasteiger partial charge in [0.05, 0.1) is 6.20 Å². The van der Waals surface area contributed by atoms with E-state index < -0.39 is 0 Å². The number of hydrogen-bond acceptors (Lipinski definition) is 3. The van der Waals surface area contributed by atoms with Crippen LogP contribution in [-0.2, 0) is 0 Å². The van der Waals surface area contributed by atoms with Crippen molar-refractivity contribution in [2.75, 3.05) is 14.1 Å². The molecule has 0 aliphatic heterocycles. The highest BCUT2D eigenvalue weighted by Crippen LogP contribution is 2.17. The van der Waals surface area contributed by atoms with E-state index in [0.717, 1.165) is 16.4 Å². The van der Waals surface area contributed by atoms with Gasteiger partial charge < -0.3 is 4.90 Å². The first-order valence-electron chi connectivity index (χ1n) is 6.40. The molecular formula is C16H15N3O. The number of ketones is 1. The maximum Gasteiger partial charge on any atom is 0.205 e. The maximum atomic E-state index is 12.2. The first-order chi connectivity index (χ1) is 9.65. The summed E-state index contributed by atoms with van der Waals surface area (Å²) in [6.45, 7) is 0. The molecule has 0 saturated carbocycles. The third-order valence-electron chi connectivity index (χ3n) is 3.15. The number of carbonyl (C=O) groups excluding carboxylic acids is 1. The summed E-state index contributed by atoms with van der Waals surface area (Å²) in [7, 11) is 3.76. The molecular weight excluding hydrogens is 250 g/mol. The lowest BCUT2D eigenvalue weighted by atomic mass is 10.2. The molecule has 0 radical (unpaired) electrons. The van der Waals surface area contributed by atoms with Gasteiger partial charge in [-0.1, -0.05) is 24.3 Å². The van der Waals surface area contributed by atoms with E-state index in [1.165, 1.54) is 0 Å². The van der Waals surface area contributed by atoms with E-state index in [1.807, 2.05) is 59.9 Å². The van der Waals surface area contributed by atoms with Crippen LogP contribution in [0.25, 0.3) is 16.4 Å². The van der Waals surface area contributed by atoms with Crippen LogP contribution in [0.3, 0.4) is 0 Å². The number of rotatable bonds is 3. The van der Waals surface area contributed by atoms with Gasteiger partial charge in [0.1, 0.15) is 11.3 Å². The molecule has 0 saturated heterocycles. The number of aromatic nitrogens is 2. The fraction of sp³-hybridized carbons (Fsp3) is 0.125. The quantitative estimate of drug-likeness (QED) is 0.540. The lowest BCUT2D eigenvalue weighted by Crippen LogP contribution is -2.05. The monoisotopic (exact) mass is 265 g/mol. The largest absolute Gasteiger partial charge is 0.383 e. The molecule has 0 unspecified atom stereocenters. The van der Waals surface area contributed by atoms with Crippen LogP contribution >= 0.6 is 0 Å². The fourth-order valence-electron chi connectivity index (χ4n) is 2.14. The second kappa shape index (κ2) is 4.81. The van der Waals surface area contributed by atoms with Crippen molar-refractivity contribution in [1.82, 2.24) is 14.3 Å².